The highest BCUT2D eigenvalue weighted by molar-refractivity contribution is 6.04. The van der Waals surface area contributed by atoms with E-state index >= 15 is 0 Å². The number of nitrogens with one attached hydrogen (secondary N) is 1. The van der Waals surface area contributed by atoms with E-state index in [0.29, 0.717) is 38.3 Å². The van der Waals surface area contributed by atoms with Gasteiger partial charge in [0, 0.05) is 25.5 Å². The van der Waals surface area contributed by atoms with Gasteiger partial charge in [-0.2, -0.15) is 0 Å². The Morgan fingerprint density at radius 1 is 1.19 bits per heavy atom. The topological polar surface area (TPSA) is 84.9 Å². The lowest BCUT2D eigenvalue weighted by molar-refractivity contribution is -0.276. The van der Waals surface area contributed by atoms with Crippen LogP contribution < -0.4 is 5.32 Å². The van der Waals surface area contributed by atoms with Gasteiger partial charge in [-0.1, -0.05) is 49.6 Å². The van der Waals surface area contributed by atoms with Crippen molar-refractivity contribution in [1.82, 2.24) is 10.4 Å². The van der Waals surface area contributed by atoms with E-state index < -0.39 is 18.1 Å². The third-order valence-electron chi connectivity index (χ3n) is 7.09. The minimum absolute atomic E-state index is 0.0622. The Balaban J connectivity index is 1.45. The lowest BCUT2D eigenvalue weighted by atomic mass is 9.74. The number of carbonyl (C=O) groups is 3. The average molecular weight is 443 g/mol. The molecular formula is C25H34N2O5. The lowest BCUT2D eigenvalue weighted by Gasteiger charge is -2.33. The standard InChI is InChI=1S/C25H34N2O5/c28-17-27(32-22-11-4-5-12-31-22)16-21(14-19-9-6-10-19)24(29)23-20(15-26-25(23)30)13-18-7-2-1-3-8-18/h1-3,7-8,17,19-23H,4-6,9-16H2,(H,26,30). The van der Waals surface area contributed by atoms with Crippen molar-refractivity contribution >= 4 is 18.1 Å². The second-order valence-corrected chi connectivity index (χ2v) is 9.41. The molecule has 1 saturated carbocycles. The third kappa shape index (κ3) is 5.75. The summed E-state index contributed by atoms with van der Waals surface area (Å²) in [5.74, 6) is -0.952. The van der Waals surface area contributed by atoms with Crippen molar-refractivity contribution in [1.29, 1.82) is 0 Å². The molecule has 1 N–H and O–H groups in total. The van der Waals surface area contributed by atoms with Crippen LogP contribution in [-0.2, 0) is 30.4 Å². The predicted octanol–water partition coefficient (Wildman–Crippen LogP) is 2.88. The fourth-order valence-electron chi connectivity index (χ4n) is 5.08. The first-order valence-corrected chi connectivity index (χ1v) is 12.0. The van der Waals surface area contributed by atoms with Gasteiger partial charge in [0.1, 0.15) is 5.92 Å². The van der Waals surface area contributed by atoms with Crippen molar-refractivity contribution in [2.75, 3.05) is 19.7 Å². The lowest BCUT2D eigenvalue weighted by Crippen LogP contribution is -2.42. The van der Waals surface area contributed by atoms with Crippen LogP contribution in [0.2, 0.25) is 0 Å². The Hall–Kier alpha value is -2.25. The van der Waals surface area contributed by atoms with Gasteiger partial charge in [0.05, 0.1) is 6.54 Å². The Bertz CT molecular complexity index is 776. The van der Waals surface area contributed by atoms with E-state index in [2.05, 4.69) is 5.32 Å². The number of hydrogen-bond acceptors (Lipinski definition) is 5. The van der Waals surface area contributed by atoms with Crippen LogP contribution >= 0.6 is 0 Å². The van der Waals surface area contributed by atoms with Crippen molar-refractivity contribution in [2.24, 2.45) is 23.7 Å². The van der Waals surface area contributed by atoms with Crippen LogP contribution in [0.1, 0.15) is 50.5 Å². The van der Waals surface area contributed by atoms with Gasteiger partial charge >= 0.3 is 0 Å². The normalized spacial score (nSPS) is 26.8. The molecule has 4 unspecified atom stereocenters. The molecule has 4 atom stereocenters. The van der Waals surface area contributed by atoms with Crippen LogP contribution in [0.4, 0.5) is 0 Å². The number of hydrogen-bond donors (Lipinski definition) is 1. The summed E-state index contributed by atoms with van der Waals surface area (Å²) in [7, 11) is 0. The SMILES string of the molecule is O=CN(CC(CC1CCC1)C(=O)C1C(=O)NCC1Cc1ccccc1)OC1CCCCO1. The van der Waals surface area contributed by atoms with E-state index in [1.807, 2.05) is 30.3 Å². The largest absolute Gasteiger partial charge is 0.355 e. The maximum atomic E-state index is 13.7. The number of Topliss-reactive ketones (excluding diaryl/α,β-unsaturated/α-hetero) is 1. The van der Waals surface area contributed by atoms with E-state index in [-0.39, 0.29) is 24.2 Å². The molecule has 4 rings (SSSR count). The second-order valence-electron chi connectivity index (χ2n) is 9.41. The van der Waals surface area contributed by atoms with Crippen LogP contribution in [0.3, 0.4) is 0 Å². The smallest absolute Gasteiger partial charge is 0.233 e. The summed E-state index contributed by atoms with van der Waals surface area (Å²) in [6.45, 7) is 1.29. The summed E-state index contributed by atoms with van der Waals surface area (Å²) in [6, 6.07) is 9.97. The fraction of sp³-hybridized carbons (Fsp3) is 0.640. The van der Waals surface area contributed by atoms with E-state index in [1.54, 1.807) is 0 Å². The molecule has 32 heavy (non-hydrogen) atoms. The molecule has 2 aliphatic heterocycles. The van der Waals surface area contributed by atoms with Gasteiger partial charge in [-0.15, -0.1) is 0 Å². The molecule has 1 aromatic rings. The monoisotopic (exact) mass is 442 g/mol. The minimum Gasteiger partial charge on any atom is -0.355 e. The highest BCUT2D eigenvalue weighted by Crippen LogP contribution is 2.35. The van der Waals surface area contributed by atoms with E-state index in [0.717, 1.165) is 37.7 Å². The Kier molecular flexibility index (Phi) is 7.92. The van der Waals surface area contributed by atoms with Gasteiger partial charge in [-0.25, -0.2) is 9.90 Å². The van der Waals surface area contributed by atoms with Crippen LogP contribution in [0, 0.1) is 23.7 Å². The van der Waals surface area contributed by atoms with Gasteiger partial charge in [0.15, 0.2) is 12.1 Å². The molecule has 0 spiro atoms. The maximum absolute atomic E-state index is 13.7. The zero-order valence-corrected chi connectivity index (χ0v) is 18.6. The summed E-state index contributed by atoms with van der Waals surface area (Å²) < 4.78 is 5.59. The predicted molar refractivity (Wildman–Crippen MR) is 118 cm³/mol. The van der Waals surface area contributed by atoms with Crippen LogP contribution in [0.25, 0.3) is 0 Å². The average Bonchev–Trinajstić information content (AvgIpc) is 3.15. The molecule has 2 saturated heterocycles. The van der Waals surface area contributed by atoms with Crippen LogP contribution in [0.5, 0.6) is 0 Å². The maximum Gasteiger partial charge on any atom is 0.233 e. The van der Waals surface area contributed by atoms with E-state index in [4.69, 9.17) is 9.57 Å². The molecule has 1 aliphatic carbocycles. The molecule has 3 fully saturated rings. The van der Waals surface area contributed by atoms with E-state index in [1.165, 1.54) is 11.5 Å². The van der Waals surface area contributed by atoms with Crippen molar-refractivity contribution in [2.45, 2.75) is 57.7 Å². The van der Waals surface area contributed by atoms with Gasteiger partial charge in [-0.05, 0) is 43.1 Å². The molecule has 7 heteroatoms. The first-order chi connectivity index (χ1) is 15.6. The molecule has 0 bridgehead atoms. The number of hydroxylamine groups is 2. The summed E-state index contributed by atoms with van der Waals surface area (Å²) >= 11 is 0. The zero-order chi connectivity index (χ0) is 22.3. The number of ether oxygens (including phenoxy) is 1. The Morgan fingerprint density at radius 3 is 2.66 bits per heavy atom. The first kappa shape index (κ1) is 22.9. The van der Waals surface area contributed by atoms with Crippen molar-refractivity contribution in [3.63, 3.8) is 0 Å². The molecule has 2 amide bonds. The van der Waals surface area contributed by atoms with Crippen molar-refractivity contribution in [3.05, 3.63) is 35.9 Å². The van der Waals surface area contributed by atoms with Crippen molar-refractivity contribution < 1.29 is 24.0 Å². The Labute approximate surface area is 189 Å². The quantitative estimate of drug-likeness (QED) is 0.324. The summed E-state index contributed by atoms with van der Waals surface area (Å²) in [5.41, 5.74) is 1.12. The second kappa shape index (κ2) is 11.1. The molecule has 3 aliphatic rings. The molecular weight excluding hydrogens is 408 g/mol. The van der Waals surface area contributed by atoms with Crippen LogP contribution in [-0.4, -0.2) is 49.2 Å². The highest BCUT2D eigenvalue weighted by Gasteiger charge is 2.43. The molecule has 1 aromatic carbocycles. The number of amides is 2. The number of nitrogens with zero attached hydrogens (tertiary/aromatic N) is 1. The summed E-state index contributed by atoms with van der Waals surface area (Å²) in [4.78, 5) is 43.9. The van der Waals surface area contributed by atoms with Gasteiger partial charge in [-0.3, -0.25) is 14.4 Å². The summed E-state index contributed by atoms with van der Waals surface area (Å²) in [5, 5.41) is 4.11. The Morgan fingerprint density at radius 2 is 2.00 bits per heavy atom. The fourth-order valence-corrected chi connectivity index (χ4v) is 5.08. The molecule has 7 nitrogen and oxygen atoms in total. The molecule has 0 aromatic heterocycles. The third-order valence-corrected chi connectivity index (χ3v) is 7.09. The zero-order valence-electron chi connectivity index (χ0n) is 18.6. The first-order valence-electron chi connectivity index (χ1n) is 12.0. The molecule has 2 heterocycles. The van der Waals surface area contributed by atoms with Crippen molar-refractivity contribution in [3.8, 4) is 0 Å². The number of ketones is 1. The van der Waals surface area contributed by atoms with Crippen LogP contribution in [0.15, 0.2) is 30.3 Å². The van der Waals surface area contributed by atoms with Gasteiger partial charge < -0.3 is 10.1 Å². The molecule has 0 radical (unpaired) electrons. The molecule has 174 valence electrons. The number of benzene rings is 1. The number of rotatable bonds is 11. The highest BCUT2D eigenvalue weighted by atomic mass is 16.8. The summed E-state index contributed by atoms with van der Waals surface area (Å²) in [6.07, 6.45) is 7.64. The van der Waals surface area contributed by atoms with Gasteiger partial charge in [0.25, 0.3) is 0 Å². The number of carbonyl (C=O) groups excluding carboxylic acids is 3. The van der Waals surface area contributed by atoms with E-state index in [9.17, 15) is 14.4 Å². The van der Waals surface area contributed by atoms with Gasteiger partial charge in [0.2, 0.25) is 12.3 Å². The minimum atomic E-state index is -0.681.